The highest BCUT2D eigenvalue weighted by Gasteiger charge is 2.19. The van der Waals surface area contributed by atoms with Gasteiger partial charge in [-0.25, -0.2) is 4.39 Å². The summed E-state index contributed by atoms with van der Waals surface area (Å²) < 4.78 is 13.2. The highest BCUT2D eigenvalue weighted by molar-refractivity contribution is 5.94. The Kier molecular flexibility index (Phi) is 6.36. The SMILES string of the molecule is CN1CCN(CCN(Cc2ccccc2)C(=O)c2ccc(F)cc2)CC1. The van der Waals surface area contributed by atoms with Crippen LogP contribution in [0.4, 0.5) is 4.39 Å². The molecular weight excluding hydrogens is 329 g/mol. The Morgan fingerprint density at radius 3 is 2.31 bits per heavy atom. The quantitative estimate of drug-likeness (QED) is 0.797. The van der Waals surface area contributed by atoms with Crippen molar-refractivity contribution in [2.75, 3.05) is 46.3 Å². The van der Waals surface area contributed by atoms with E-state index < -0.39 is 0 Å². The number of carbonyl (C=O) groups is 1. The second-order valence-corrected chi connectivity index (χ2v) is 6.86. The molecule has 3 rings (SSSR count). The highest BCUT2D eigenvalue weighted by atomic mass is 19.1. The van der Waals surface area contributed by atoms with Crippen LogP contribution in [0.3, 0.4) is 0 Å². The number of rotatable bonds is 6. The Bertz CT molecular complexity index is 697. The first-order valence-electron chi connectivity index (χ1n) is 9.11. The third-order valence-electron chi connectivity index (χ3n) is 4.88. The molecule has 5 heteroatoms. The van der Waals surface area contributed by atoms with E-state index in [0.29, 0.717) is 18.7 Å². The molecule has 1 heterocycles. The number of carbonyl (C=O) groups excluding carboxylic acids is 1. The summed E-state index contributed by atoms with van der Waals surface area (Å²) in [6, 6.07) is 15.8. The van der Waals surface area contributed by atoms with Crippen molar-refractivity contribution >= 4 is 5.91 Å². The van der Waals surface area contributed by atoms with Crippen molar-refractivity contribution in [1.29, 1.82) is 0 Å². The first kappa shape index (κ1) is 18.5. The van der Waals surface area contributed by atoms with Crippen LogP contribution in [0.25, 0.3) is 0 Å². The van der Waals surface area contributed by atoms with Crippen LogP contribution in [0.15, 0.2) is 54.6 Å². The van der Waals surface area contributed by atoms with Crippen LogP contribution in [-0.2, 0) is 6.54 Å². The van der Waals surface area contributed by atoms with E-state index in [1.807, 2.05) is 35.2 Å². The maximum Gasteiger partial charge on any atom is 0.254 e. The Hall–Kier alpha value is -2.24. The fourth-order valence-electron chi connectivity index (χ4n) is 3.16. The van der Waals surface area contributed by atoms with Crippen molar-refractivity contribution in [3.8, 4) is 0 Å². The van der Waals surface area contributed by atoms with Crippen molar-refractivity contribution in [2.45, 2.75) is 6.54 Å². The number of halogens is 1. The van der Waals surface area contributed by atoms with Gasteiger partial charge in [-0.1, -0.05) is 30.3 Å². The molecule has 0 unspecified atom stereocenters. The monoisotopic (exact) mass is 355 g/mol. The molecule has 0 saturated carbocycles. The largest absolute Gasteiger partial charge is 0.333 e. The van der Waals surface area contributed by atoms with E-state index in [9.17, 15) is 9.18 Å². The van der Waals surface area contributed by atoms with Crippen LogP contribution < -0.4 is 0 Å². The fourth-order valence-corrected chi connectivity index (χ4v) is 3.16. The normalized spacial score (nSPS) is 15.8. The molecule has 138 valence electrons. The molecule has 0 bridgehead atoms. The van der Waals surface area contributed by atoms with Crippen LogP contribution in [0.2, 0.25) is 0 Å². The minimum Gasteiger partial charge on any atom is -0.333 e. The molecule has 0 radical (unpaired) electrons. The summed E-state index contributed by atoms with van der Waals surface area (Å²) in [6.45, 7) is 6.25. The second kappa shape index (κ2) is 8.92. The van der Waals surface area contributed by atoms with E-state index in [1.165, 1.54) is 12.1 Å². The van der Waals surface area contributed by atoms with Gasteiger partial charge in [-0.2, -0.15) is 0 Å². The van der Waals surface area contributed by atoms with E-state index in [2.05, 4.69) is 16.8 Å². The molecule has 2 aromatic carbocycles. The van der Waals surface area contributed by atoms with Gasteiger partial charge >= 0.3 is 0 Å². The third kappa shape index (κ3) is 5.13. The van der Waals surface area contributed by atoms with Crippen molar-refractivity contribution in [3.05, 3.63) is 71.5 Å². The van der Waals surface area contributed by atoms with Gasteiger partial charge in [-0.05, 0) is 36.9 Å². The van der Waals surface area contributed by atoms with Crippen molar-refractivity contribution < 1.29 is 9.18 Å². The van der Waals surface area contributed by atoms with Gasteiger partial charge in [0.15, 0.2) is 0 Å². The predicted octanol–water partition coefficient (Wildman–Crippen LogP) is 2.72. The number of benzene rings is 2. The van der Waals surface area contributed by atoms with Gasteiger partial charge in [0.25, 0.3) is 5.91 Å². The van der Waals surface area contributed by atoms with Crippen molar-refractivity contribution in [1.82, 2.24) is 14.7 Å². The number of piperazine rings is 1. The first-order chi connectivity index (χ1) is 12.6. The van der Waals surface area contributed by atoms with E-state index in [4.69, 9.17) is 0 Å². The Morgan fingerprint density at radius 2 is 1.65 bits per heavy atom. The molecule has 0 spiro atoms. The number of amides is 1. The van der Waals surface area contributed by atoms with Crippen LogP contribution in [0.1, 0.15) is 15.9 Å². The van der Waals surface area contributed by atoms with Gasteiger partial charge in [0, 0.05) is 51.4 Å². The van der Waals surface area contributed by atoms with Crippen LogP contribution in [0, 0.1) is 5.82 Å². The van der Waals surface area contributed by atoms with Gasteiger partial charge in [-0.3, -0.25) is 9.69 Å². The molecule has 1 aliphatic heterocycles. The lowest BCUT2D eigenvalue weighted by atomic mass is 10.1. The smallest absolute Gasteiger partial charge is 0.254 e. The zero-order valence-corrected chi connectivity index (χ0v) is 15.3. The summed E-state index contributed by atoms with van der Waals surface area (Å²) in [5.74, 6) is -0.378. The maximum atomic E-state index is 13.2. The Labute approximate surface area is 154 Å². The summed E-state index contributed by atoms with van der Waals surface area (Å²) in [5.41, 5.74) is 1.63. The molecule has 1 fully saturated rings. The predicted molar refractivity (Wildman–Crippen MR) is 102 cm³/mol. The molecule has 26 heavy (non-hydrogen) atoms. The molecule has 0 N–H and O–H groups in total. The zero-order chi connectivity index (χ0) is 18.4. The first-order valence-corrected chi connectivity index (χ1v) is 9.11. The molecule has 0 aliphatic carbocycles. The van der Waals surface area contributed by atoms with Crippen LogP contribution in [-0.4, -0.2) is 66.9 Å². The number of likely N-dealkylation sites (N-methyl/N-ethyl adjacent to an activating group) is 1. The minimum atomic E-state index is -0.325. The lowest BCUT2D eigenvalue weighted by Gasteiger charge is -2.34. The lowest BCUT2D eigenvalue weighted by molar-refractivity contribution is 0.0700. The van der Waals surface area contributed by atoms with Crippen LogP contribution in [0.5, 0.6) is 0 Å². The van der Waals surface area contributed by atoms with Crippen molar-refractivity contribution in [2.24, 2.45) is 0 Å². The average molecular weight is 355 g/mol. The molecule has 1 aliphatic rings. The summed E-state index contributed by atoms with van der Waals surface area (Å²) in [4.78, 5) is 19.5. The Balaban J connectivity index is 1.68. The number of hydrogen-bond donors (Lipinski definition) is 0. The lowest BCUT2D eigenvalue weighted by Crippen LogP contribution is -2.47. The summed E-state index contributed by atoms with van der Waals surface area (Å²) in [6.07, 6.45) is 0. The van der Waals surface area contributed by atoms with Gasteiger partial charge in [0.1, 0.15) is 5.82 Å². The van der Waals surface area contributed by atoms with Gasteiger partial charge in [0.05, 0.1) is 0 Å². The number of nitrogens with zero attached hydrogens (tertiary/aromatic N) is 3. The van der Waals surface area contributed by atoms with E-state index in [0.717, 1.165) is 38.3 Å². The van der Waals surface area contributed by atoms with E-state index in [-0.39, 0.29) is 11.7 Å². The molecule has 1 amide bonds. The molecule has 0 aromatic heterocycles. The van der Waals surface area contributed by atoms with Gasteiger partial charge in [-0.15, -0.1) is 0 Å². The van der Waals surface area contributed by atoms with Gasteiger partial charge < -0.3 is 9.80 Å². The van der Waals surface area contributed by atoms with Gasteiger partial charge in [0.2, 0.25) is 0 Å². The summed E-state index contributed by atoms with van der Waals surface area (Å²) in [7, 11) is 2.14. The molecular formula is C21H26FN3O. The topological polar surface area (TPSA) is 26.8 Å². The summed E-state index contributed by atoms with van der Waals surface area (Å²) >= 11 is 0. The Morgan fingerprint density at radius 1 is 1.00 bits per heavy atom. The molecule has 4 nitrogen and oxygen atoms in total. The highest BCUT2D eigenvalue weighted by Crippen LogP contribution is 2.12. The summed E-state index contributed by atoms with van der Waals surface area (Å²) in [5, 5.41) is 0. The molecule has 2 aromatic rings. The fraction of sp³-hybridized carbons (Fsp3) is 0.381. The van der Waals surface area contributed by atoms with Crippen molar-refractivity contribution in [3.63, 3.8) is 0 Å². The number of hydrogen-bond acceptors (Lipinski definition) is 3. The van der Waals surface area contributed by atoms with E-state index >= 15 is 0 Å². The van der Waals surface area contributed by atoms with E-state index in [1.54, 1.807) is 12.1 Å². The third-order valence-corrected chi connectivity index (χ3v) is 4.88. The van der Waals surface area contributed by atoms with Crippen LogP contribution >= 0.6 is 0 Å². The maximum absolute atomic E-state index is 13.2. The molecule has 0 atom stereocenters. The second-order valence-electron chi connectivity index (χ2n) is 6.86. The molecule has 1 saturated heterocycles. The average Bonchev–Trinajstić information content (AvgIpc) is 2.67. The minimum absolute atomic E-state index is 0.0528. The standard InChI is InChI=1S/C21H26FN3O/c1-23-11-13-24(14-12-23)15-16-25(17-18-5-3-2-4-6-18)21(26)19-7-9-20(22)10-8-19/h2-10H,11-17H2,1H3. The zero-order valence-electron chi connectivity index (χ0n) is 15.3.